The molecule has 4 N–H and O–H groups in total. The number of pyridine rings is 2. The third-order valence-corrected chi connectivity index (χ3v) is 6.03. The first-order valence-corrected chi connectivity index (χ1v) is 12.6. The van der Waals surface area contributed by atoms with Gasteiger partial charge in [0, 0.05) is 23.7 Å². The number of rotatable bonds is 12. The van der Waals surface area contributed by atoms with Crippen LogP contribution in [0.25, 0.3) is 21.9 Å². The summed E-state index contributed by atoms with van der Waals surface area (Å²) in [5.74, 6) is 0.791. The smallest absolute Gasteiger partial charge is 0.255 e. The van der Waals surface area contributed by atoms with Gasteiger partial charge < -0.3 is 15.9 Å². The summed E-state index contributed by atoms with van der Waals surface area (Å²) in [7, 11) is 0. The molecule has 3 aromatic heterocycles. The van der Waals surface area contributed by atoms with Crippen LogP contribution in [-0.2, 0) is 0 Å². The maximum Gasteiger partial charge on any atom is 0.255 e. The molecule has 10 nitrogen and oxygen atoms in total. The lowest BCUT2D eigenvalue weighted by Crippen LogP contribution is -2.42. The van der Waals surface area contributed by atoms with Crippen molar-refractivity contribution in [3.63, 3.8) is 0 Å². The zero-order chi connectivity index (χ0) is 26.2. The van der Waals surface area contributed by atoms with Crippen LogP contribution >= 0.6 is 0 Å². The van der Waals surface area contributed by atoms with Crippen molar-refractivity contribution in [1.29, 1.82) is 0 Å². The minimum absolute atomic E-state index is 0.273. The van der Waals surface area contributed by atoms with Crippen LogP contribution < -0.4 is 21.3 Å². The van der Waals surface area contributed by atoms with Crippen molar-refractivity contribution in [2.24, 2.45) is 16.8 Å². The number of carbonyl (C=O) groups is 1. The van der Waals surface area contributed by atoms with Crippen LogP contribution in [0, 0.1) is 5.92 Å². The van der Waals surface area contributed by atoms with Crippen molar-refractivity contribution < 1.29 is 9.63 Å². The van der Waals surface area contributed by atoms with E-state index in [0.29, 0.717) is 30.3 Å². The Morgan fingerprint density at radius 1 is 1.05 bits per heavy atom. The standard InChI is InChI=1S/C27H34N8O2/c1-18(2)33-34-24-12-11-20(15-30-24)27(36)32-25(10-6-7-19(3)13-14-28)37-35-17-31-23-16-29-22-9-5-4-8-21(22)26(23)35/h4-5,8-9,11-12,15-17,19,25H,6-7,10,13-14,28H2,1-3H3,(H,30,34)(H,32,36). The molecule has 37 heavy (non-hydrogen) atoms. The average molecular weight is 503 g/mol. The van der Waals surface area contributed by atoms with Gasteiger partial charge in [0.15, 0.2) is 6.23 Å². The largest absolute Gasteiger partial charge is 0.387 e. The number of para-hydroxylation sites is 1. The van der Waals surface area contributed by atoms with Gasteiger partial charge in [0.05, 0.1) is 17.3 Å². The molecular formula is C27H34N8O2. The van der Waals surface area contributed by atoms with Gasteiger partial charge in [-0.25, -0.2) is 9.97 Å². The van der Waals surface area contributed by atoms with Crippen LogP contribution in [0.4, 0.5) is 5.82 Å². The highest BCUT2D eigenvalue weighted by molar-refractivity contribution is 6.01. The van der Waals surface area contributed by atoms with Gasteiger partial charge in [-0.3, -0.25) is 15.2 Å². The number of benzene rings is 1. The maximum atomic E-state index is 13.1. The van der Waals surface area contributed by atoms with Gasteiger partial charge in [-0.05, 0) is 57.4 Å². The normalized spacial score (nSPS) is 12.8. The number of fused-ring (bicyclic) bond motifs is 3. The number of nitrogens with zero attached hydrogens (tertiary/aromatic N) is 5. The Morgan fingerprint density at radius 3 is 2.65 bits per heavy atom. The summed E-state index contributed by atoms with van der Waals surface area (Å²) in [5.41, 5.74) is 12.2. The summed E-state index contributed by atoms with van der Waals surface area (Å²) in [4.78, 5) is 32.6. The van der Waals surface area contributed by atoms with Crippen molar-refractivity contribution in [1.82, 2.24) is 25.0 Å². The molecule has 194 valence electrons. The Labute approximate surface area is 216 Å². The van der Waals surface area contributed by atoms with Crippen molar-refractivity contribution >= 4 is 39.4 Å². The quantitative estimate of drug-likeness (QED) is 0.151. The Bertz CT molecular complexity index is 1360. The first-order valence-electron chi connectivity index (χ1n) is 12.6. The molecule has 0 saturated carbocycles. The molecule has 0 fully saturated rings. The molecule has 0 saturated heterocycles. The van der Waals surface area contributed by atoms with Crippen LogP contribution in [-0.4, -0.2) is 44.1 Å². The summed E-state index contributed by atoms with van der Waals surface area (Å²) in [6.45, 7) is 6.62. The lowest BCUT2D eigenvalue weighted by atomic mass is 10.0. The highest BCUT2D eigenvalue weighted by Crippen LogP contribution is 2.22. The fourth-order valence-electron chi connectivity index (χ4n) is 4.06. The summed E-state index contributed by atoms with van der Waals surface area (Å²) in [6, 6.07) is 11.3. The number of carbonyl (C=O) groups excluding carboxylic acids is 1. The fraction of sp³-hybridized carbons (Fsp3) is 0.370. The highest BCUT2D eigenvalue weighted by Gasteiger charge is 2.19. The monoisotopic (exact) mass is 502 g/mol. The minimum Gasteiger partial charge on any atom is -0.387 e. The Balaban J connectivity index is 1.53. The zero-order valence-corrected chi connectivity index (χ0v) is 21.5. The number of hydrogen-bond donors (Lipinski definition) is 3. The van der Waals surface area contributed by atoms with Crippen LogP contribution in [0.1, 0.15) is 56.8 Å². The van der Waals surface area contributed by atoms with E-state index in [-0.39, 0.29) is 5.91 Å². The van der Waals surface area contributed by atoms with Crippen molar-refractivity contribution in [2.45, 2.75) is 52.7 Å². The Kier molecular flexibility index (Phi) is 8.63. The van der Waals surface area contributed by atoms with Gasteiger partial charge in [-0.2, -0.15) is 9.83 Å². The SMILES string of the molecule is CC(C)=NNc1ccc(C(=O)NC(CCCC(C)CCN)On2cnc3cnc4ccccc4c32)cn1. The second-order valence-electron chi connectivity index (χ2n) is 9.36. The van der Waals surface area contributed by atoms with Crippen LogP contribution in [0.15, 0.2) is 60.2 Å². The number of nitrogens with one attached hydrogen (secondary N) is 2. The zero-order valence-electron chi connectivity index (χ0n) is 21.5. The van der Waals surface area contributed by atoms with Crippen molar-refractivity contribution in [3.05, 3.63) is 60.7 Å². The molecule has 0 aliphatic rings. The lowest BCUT2D eigenvalue weighted by Gasteiger charge is -2.21. The number of anilines is 1. The van der Waals surface area contributed by atoms with E-state index in [1.165, 1.54) is 6.20 Å². The molecule has 2 atom stereocenters. The molecule has 1 amide bonds. The fourth-order valence-corrected chi connectivity index (χ4v) is 4.06. The first-order chi connectivity index (χ1) is 17.9. The van der Waals surface area contributed by atoms with Gasteiger partial charge in [-0.15, -0.1) is 0 Å². The second-order valence-corrected chi connectivity index (χ2v) is 9.36. The van der Waals surface area contributed by atoms with E-state index in [0.717, 1.165) is 46.9 Å². The highest BCUT2D eigenvalue weighted by atomic mass is 16.7. The van der Waals surface area contributed by atoms with Crippen molar-refractivity contribution in [3.8, 4) is 0 Å². The topological polar surface area (TPSA) is 132 Å². The number of hydrogen-bond acceptors (Lipinski definition) is 8. The van der Waals surface area contributed by atoms with E-state index in [4.69, 9.17) is 10.6 Å². The number of amides is 1. The van der Waals surface area contributed by atoms with Crippen LogP contribution in [0.5, 0.6) is 0 Å². The number of imidazole rings is 1. The minimum atomic E-state index is -0.577. The predicted molar refractivity (Wildman–Crippen MR) is 146 cm³/mol. The third-order valence-electron chi connectivity index (χ3n) is 6.03. The molecule has 0 aliphatic carbocycles. The van der Waals surface area contributed by atoms with Gasteiger partial charge >= 0.3 is 0 Å². The number of nitrogens with two attached hydrogens (primary N) is 1. The van der Waals surface area contributed by atoms with Gasteiger partial charge in [0.25, 0.3) is 5.91 Å². The Hall–Kier alpha value is -4.05. The van der Waals surface area contributed by atoms with E-state index in [1.807, 2.05) is 38.1 Å². The van der Waals surface area contributed by atoms with Gasteiger partial charge in [0.1, 0.15) is 23.2 Å². The number of aromatic nitrogens is 4. The summed E-state index contributed by atoms with van der Waals surface area (Å²) < 4.78 is 1.63. The summed E-state index contributed by atoms with van der Waals surface area (Å²) in [5, 5.41) is 8.08. The first kappa shape index (κ1) is 26.0. The van der Waals surface area contributed by atoms with E-state index in [2.05, 4.69) is 37.7 Å². The lowest BCUT2D eigenvalue weighted by molar-refractivity contribution is 0.0151. The molecule has 0 radical (unpaired) electrons. The molecule has 1 aromatic carbocycles. The van der Waals surface area contributed by atoms with Crippen molar-refractivity contribution in [2.75, 3.05) is 12.0 Å². The second kappa shape index (κ2) is 12.3. The number of hydrazone groups is 1. The van der Waals surface area contributed by atoms with E-state index < -0.39 is 6.23 Å². The van der Waals surface area contributed by atoms with E-state index in [9.17, 15) is 4.79 Å². The van der Waals surface area contributed by atoms with Gasteiger partial charge in [0.2, 0.25) is 0 Å². The van der Waals surface area contributed by atoms with E-state index >= 15 is 0 Å². The van der Waals surface area contributed by atoms with Crippen LogP contribution in [0.3, 0.4) is 0 Å². The molecule has 2 unspecified atom stereocenters. The third kappa shape index (κ3) is 6.79. The predicted octanol–water partition coefficient (Wildman–Crippen LogP) is 4.13. The molecule has 0 spiro atoms. The molecule has 0 bridgehead atoms. The van der Waals surface area contributed by atoms with Gasteiger partial charge in [-0.1, -0.05) is 31.5 Å². The average Bonchev–Trinajstić information content (AvgIpc) is 3.31. The molecule has 4 rings (SSSR count). The Morgan fingerprint density at radius 2 is 1.89 bits per heavy atom. The summed E-state index contributed by atoms with van der Waals surface area (Å²) in [6.07, 6.45) is 7.74. The van der Waals surface area contributed by atoms with Crippen LogP contribution in [0.2, 0.25) is 0 Å². The molecular weight excluding hydrogens is 468 g/mol. The maximum absolute atomic E-state index is 13.1. The molecule has 3 heterocycles. The van der Waals surface area contributed by atoms with E-state index in [1.54, 1.807) is 29.4 Å². The molecule has 0 aliphatic heterocycles. The summed E-state index contributed by atoms with van der Waals surface area (Å²) >= 11 is 0. The molecule has 4 aromatic rings. The molecule has 10 heteroatoms.